The minimum Gasteiger partial charge on any atom is -0.394 e. The van der Waals surface area contributed by atoms with Gasteiger partial charge in [0, 0.05) is 0 Å². The van der Waals surface area contributed by atoms with Crippen molar-refractivity contribution in [2.24, 2.45) is 5.73 Å². The highest BCUT2D eigenvalue weighted by Gasteiger charge is 2.34. The molecular formula is C9H9ClF3NO. The number of hydrogen-bond acceptors (Lipinski definition) is 2. The highest BCUT2D eigenvalue weighted by molar-refractivity contribution is 6.32. The minimum atomic E-state index is -4.51. The number of alkyl halides is 3. The third kappa shape index (κ3) is 2.62. The molecule has 0 aliphatic carbocycles. The molecule has 0 bridgehead atoms. The van der Waals surface area contributed by atoms with Gasteiger partial charge in [-0.25, -0.2) is 0 Å². The highest BCUT2D eigenvalue weighted by atomic mass is 35.5. The molecule has 2 nitrogen and oxygen atoms in total. The fourth-order valence-electron chi connectivity index (χ4n) is 1.15. The van der Waals surface area contributed by atoms with E-state index in [1.165, 1.54) is 12.1 Å². The molecule has 0 saturated heterocycles. The molecule has 0 aliphatic heterocycles. The molecule has 0 fully saturated rings. The van der Waals surface area contributed by atoms with Gasteiger partial charge in [-0.1, -0.05) is 23.7 Å². The minimum absolute atomic E-state index is 0.0917. The fourth-order valence-corrected chi connectivity index (χ4v) is 1.53. The summed E-state index contributed by atoms with van der Waals surface area (Å²) in [4.78, 5) is 0. The van der Waals surface area contributed by atoms with E-state index < -0.39 is 29.4 Å². The van der Waals surface area contributed by atoms with Crippen LogP contribution in [-0.2, 0) is 6.18 Å². The van der Waals surface area contributed by atoms with E-state index in [0.717, 1.165) is 6.07 Å². The summed E-state index contributed by atoms with van der Waals surface area (Å²) in [5.41, 5.74) is 4.56. The van der Waals surface area contributed by atoms with E-state index in [0.29, 0.717) is 0 Å². The Kier molecular flexibility index (Phi) is 3.59. The molecular weight excluding hydrogens is 231 g/mol. The highest BCUT2D eigenvalue weighted by Crippen LogP contribution is 2.37. The van der Waals surface area contributed by atoms with Crippen LogP contribution < -0.4 is 5.73 Å². The Hall–Kier alpha value is -0.780. The van der Waals surface area contributed by atoms with Crippen molar-refractivity contribution in [3.05, 3.63) is 34.3 Å². The lowest BCUT2D eigenvalue weighted by atomic mass is 10.0. The Morgan fingerprint density at radius 1 is 1.40 bits per heavy atom. The first kappa shape index (κ1) is 12.3. The van der Waals surface area contributed by atoms with E-state index in [1.807, 2.05) is 0 Å². The molecule has 0 saturated carbocycles. The standard InChI is InChI=1S/C9H9ClF3NO/c10-8-5(7(14)4-15)2-1-3-6(8)9(11,12)13/h1-3,7,15H,4,14H2. The topological polar surface area (TPSA) is 46.2 Å². The van der Waals surface area contributed by atoms with Gasteiger partial charge in [-0.05, 0) is 11.6 Å². The molecule has 6 heteroatoms. The predicted molar refractivity (Wildman–Crippen MR) is 50.5 cm³/mol. The Balaban J connectivity index is 3.23. The van der Waals surface area contributed by atoms with Crippen LogP contribution in [0.3, 0.4) is 0 Å². The van der Waals surface area contributed by atoms with Crippen LogP contribution in [0.15, 0.2) is 18.2 Å². The molecule has 0 spiro atoms. The lowest BCUT2D eigenvalue weighted by Crippen LogP contribution is -2.17. The van der Waals surface area contributed by atoms with Gasteiger partial charge in [0.1, 0.15) is 0 Å². The lowest BCUT2D eigenvalue weighted by molar-refractivity contribution is -0.137. The molecule has 3 N–H and O–H groups in total. The SMILES string of the molecule is NC(CO)c1cccc(C(F)(F)F)c1Cl. The van der Waals surface area contributed by atoms with Gasteiger partial charge in [0.15, 0.2) is 0 Å². The van der Waals surface area contributed by atoms with E-state index in [9.17, 15) is 13.2 Å². The van der Waals surface area contributed by atoms with Gasteiger partial charge in [0.25, 0.3) is 0 Å². The number of aliphatic hydroxyl groups excluding tert-OH is 1. The molecule has 1 aromatic carbocycles. The number of aliphatic hydroxyl groups is 1. The van der Waals surface area contributed by atoms with Crippen molar-refractivity contribution in [3.8, 4) is 0 Å². The third-order valence-corrected chi connectivity index (χ3v) is 2.35. The first-order valence-electron chi connectivity index (χ1n) is 4.10. The largest absolute Gasteiger partial charge is 0.417 e. The zero-order valence-corrected chi connectivity index (χ0v) is 8.31. The van der Waals surface area contributed by atoms with Crippen LogP contribution in [0, 0.1) is 0 Å². The second-order valence-electron chi connectivity index (χ2n) is 3.00. The molecule has 0 amide bonds. The Bertz CT molecular complexity index is 354. The van der Waals surface area contributed by atoms with Crippen LogP contribution in [0.2, 0.25) is 5.02 Å². The second kappa shape index (κ2) is 4.38. The van der Waals surface area contributed by atoms with Crippen LogP contribution in [-0.4, -0.2) is 11.7 Å². The zero-order chi connectivity index (χ0) is 11.6. The van der Waals surface area contributed by atoms with Crippen LogP contribution >= 0.6 is 11.6 Å². The monoisotopic (exact) mass is 239 g/mol. The number of nitrogens with two attached hydrogens (primary N) is 1. The number of halogens is 4. The molecule has 0 heterocycles. The molecule has 0 aromatic heterocycles. The van der Waals surface area contributed by atoms with E-state index >= 15 is 0 Å². The average molecular weight is 240 g/mol. The van der Waals surface area contributed by atoms with Crippen LogP contribution in [0.25, 0.3) is 0 Å². The van der Waals surface area contributed by atoms with Crippen molar-refractivity contribution in [1.82, 2.24) is 0 Å². The van der Waals surface area contributed by atoms with Crippen LogP contribution in [0.4, 0.5) is 13.2 Å². The maximum absolute atomic E-state index is 12.4. The van der Waals surface area contributed by atoms with Crippen LogP contribution in [0.1, 0.15) is 17.2 Å². The van der Waals surface area contributed by atoms with Crippen molar-refractivity contribution in [1.29, 1.82) is 0 Å². The summed E-state index contributed by atoms with van der Waals surface area (Å²) >= 11 is 5.56. The maximum atomic E-state index is 12.4. The smallest absolute Gasteiger partial charge is 0.394 e. The molecule has 1 atom stereocenters. The Morgan fingerprint density at radius 3 is 2.47 bits per heavy atom. The molecule has 0 radical (unpaired) electrons. The van der Waals surface area contributed by atoms with Crippen molar-refractivity contribution >= 4 is 11.6 Å². The summed E-state index contributed by atoms with van der Waals surface area (Å²) in [6, 6.07) is 2.54. The van der Waals surface area contributed by atoms with Gasteiger partial charge in [-0.2, -0.15) is 13.2 Å². The normalized spacial score (nSPS) is 14.0. The van der Waals surface area contributed by atoms with E-state index in [2.05, 4.69) is 0 Å². The first-order valence-corrected chi connectivity index (χ1v) is 4.47. The quantitative estimate of drug-likeness (QED) is 0.832. The Morgan fingerprint density at radius 2 is 2.00 bits per heavy atom. The third-order valence-electron chi connectivity index (χ3n) is 1.93. The number of benzene rings is 1. The van der Waals surface area contributed by atoms with Gasteiger partial charge < -0.3 is 10.8 Å². The van der Waals surface area contributed by atoms with Gasteiger partial charge in [0.2, 0.25) is 0 Å². The van der Waals surface area contributed by atoms with Gasteiger partial charge in [-0.15, -0.1) is 0 Å². The summed E-state index contributed by atoms with van der Waals surface area (Å²) in [6.07, 6.45) is -4.51. The molecule has 1 unspecified atom stereocenters. The van der Waals surface area contributed by atoms with E-state index in [-0.39, 0.29) is 5.56 Å². The molecule has 15 heavy (non-hydrogen) atoms. The molecule has 1 aromatic rings. The number of rotatable bonds is 2. The summed E-state index contributed by atoms with van der Waals surface area (Å²) < 4.78 is 37.2. The summed E-state index contributed by atoms with van der Waals surface area (Å²) in [5, 5.41) is 8.29. The van der Waals surface area contributed by atoms with Gasteiger partial charge in [-0.3, -0.25) is 0 Å². The summed E-state index contributed by atoms with van der Waals surface area (Å²) in [5.74, 6) is 0. The summed E-state index contributed by atoms with van der Waals surface area (Å²) in [6.45, 7) is -0.457. The first-order chi connectivity index (χ1) is 6.88. The average Bonchev–Trinajstić information content (AvgIpc) is 2.15. The van der Waals surface area contributed by atoms with Crippen molar-refractivity contribution in [2.45, 2.75) is 12.2 Å². The zero-order valence-electron chi connectivity index (χ0n) is 7.55. The molecule has 0 aliphatic rings. The Labute approximate surface area is 89.5 Å². The van der Waals surface area contributed by atoms with Crippen molar-refractivity contribution in [2.75, 3.05) is 6.61 Å². The second-order valence-corrected chi connectivity index (χ2v) is 3.37. The van der Waals surface area contributed by atoms with Crippen LogP contribution in [0.5, 0.6) is 0 Å². The van der Waals surface area contributed by atoms with Crippen molar-refractivity contribution in [3.63, 3.8) is 0 Å². The molecule has 84 valence electrons. The summed E-state index contributed by atoms with van der Waals surface area (Å²) in [7, 11) is 0. The predicted octanol–water partition coefficient (Wildman–Crippen LogP) is 2.35. The van der Waals surface area contributed by atoms with E-state index in [1.54, 1.807) is 0 Å². The molecule has 1 rings (SSSR count). The maximum Gasteiger partial charge on any atom is 0.417 e. The van der Waals surface area contributed by atoms with Crippen molar-refractivity contribution < 1.29 is 18.3 Å². The van der Waals surface area contributed by atoms with Gasteiger partial charge in [0.05, 0.1) is 23.2 Å². The van der Waals surface area contributed by atoms with E-state index in [4.69, 9.17) is 22.4 Å². The van der Waals surface area contributed by atoms with Gasteiger partial charge >= 0.3 is 6.18 Å². The fraction of sp³-hybridized carbons (Fsp3) is 0.333. The number of hydrogen-bond donors (Lipinski definition) is 2. The lowest BCUT2D eigenvalue weighted by Gasteiger charge is -2.15.